The van der Waals surface area contributed by atoms with Crippen LogP contribution in [0.3, 0.4) is 0 Å². The molecule has 0 aliphatic rings. The zero-order valence-corrected chi connectivity index (χ0v) is 9.16. The topological polar surface area (TPSA) is 40.5 Å². The Morgan fingerprint density at radius 1 is 1.57 bits per heavy atom. The fraction of sp³-hybridized carbons (Fsp3) is 0.545. The molecule has 0 saturated carbocycles. The van der Waals surface area contributed by atoms with Crippen LogP contribution in [-0.4, -0.2) is 35.6 Å². The van der Waals surface area contributed by atoms with Crippen molar-refractivity contribution in [1.82, 2.24) is 4.90 Å². The van der Waals surface area contributed by atoms with Crippen LogP contribution in [0.15, 0.2) is 24.8 Å². The summed E-state index contributed by atoms with van der Waals surface area (Å²) in [5.41, 5.74) is 0.833. The third kappa shape index (κ3) is 3.75. The Morgan fingerprint density at radius 3 is 2.36 bits per heavy atom. The molecule has 3 nitrogen and oxygen atoms in total. The normalized spacial score (nSPS) is 12.9. The summed E-state index contributed by atoms with van der Waals surface area (Å²) < 4.78 is 0. The van der Waals surface area contributed by atoms with Crippen molar-refractivity contribution in [3.63, 3.8) is 0 Å². The van der Waals surface area contributed by atoms with E-state index in [4.69, 9.17) is 5.11 Å². The predicted octanol–water partition coefficient (Wildman–Crippen LogP) is 1.77. The lowest BCUT2D eigenvalue weighted by atomic mass is 10.0. The fourth-order valence-corrected chi connectivity index (χ4v) is 1.47. The molecule has 0 radical (unpaired) electrons. The maximum Gasteiger partial charge on any atom is 0.321 e. The van der Waals surface area contributed by atoms with Gasteiger partial charge in [0.25, 0.3) is 0 Å². The van der Waals surface area contributed by atoms with E-state index in [9.17, 15) is 4.79 Å². The van der Waals surface area contributed by atoms with Crippen molar-refractivity contribution < 1.29 is 9.90 Å². The van der Waals surface area contributed by atoms with Crippen molar-refractivity contribution in [3.8, 4) is 0 Å². The molecule has 14 heavy (non-hydrogen) atoms. The van der Waals surface area contributed by atoms with Gasteiger partial charge in [-0.25, -0.2) is 0 Å². The van der Waals surface area contributed by atoms with Gasteiger partial charge in [-0.1, -0.05) is 33.1 Å². The molecule has 0 bridgehead atoms. The smallest absolute Gasteiger partial charge is 0.321 e. The highest BCUT2D eigenvalue weighted by molar-refractivity contribution is 5.73. The summed E-state index contributed by atoms with van der Waals surface area (Å²) in [5.74, 6) is -0.713. The molecule has 0 aliphatic carbocycles. The van der Waals surface area contributed by atoms with E-state index < -0.39 is 12.0 Å². The van der Waals surface area contributed by atoms with Gasteiger partial charge in [-0.2, -0.15) is 0 Å². The molecule has 3 heteroatoms. The van der Waals surface area contributed by atoms with Crippen molar-refractivity contribution in [2.24, 2.45) is 5.92 Å². The van der Waals surface area contributed by atoms with Crippen molar-refractivity contribution in [2.45, 2.75) is 19.9 Å². The Bertz CT molecular complexity index is 233. The molecule has 0 aromatic carbocycles. The van der Waals surface area contributed by atoms with E-state index in [1.165, 1.54) is 0 Å². The first-order chi connectivity index (χ1) is 6.40. The van der Waals surface area contributed by atoms with Crippen LogP contribution in [-0.2, 0) is 4.79 Å². The lowest BCUT2D eigenvalue weighted by Gasteiger charge is -2.27. The van der Waals surface area contributed by atoms with Crippen molar-refractivity contribution in [1.29, 1.82) is 0 Å². The Morgan fingerprint density at radius 2 is 2.07 bits per heavy atom. The first kappa shape index (κ1) is 12.9. The minimum absolute atomic E-state index is 0.0788. The summed E-state index contributed by atoms with van der Waals surface area (Å²) >= 11 is 0. The van der Waals surface area contributed by atoms with Gasteiger partial charge in [-0.15, -0.1) is 0 Å². The summed E-state index contributed by atoms with van der Waals surface area (Å²) in [5, 5.41) is 9.00. The predicted molar refractivity (Wildman–Crippen MR) is 58.2 cm³/mol. The van der Waals surface area contributed by atoms with Gasteiger partial charge >= 0.3 is 5.97 Å². The maximum atomic E-state index is 11.0. The van der Waals surface area contributed by atoms with Crippen LogP contribution in [0, 0.1) is 5.92 Å². The quantitative estimate of drug-likeness (QED) is 0.660. The largest absolute Gasteiger partial charge is 0.480 e. The Balaban J connectivity index is 4.44. The number of aliphatic carboxylic acids is 1. The first-order valence-corrected chi connectivity index (χ1v) is 4.63. The fourth-order valence-electron chi connectivity index (χ4n) is 1.47. The molecular formula is C11H19NO2. The van der Waals surface area contributed by atoms with Crippen molar-refractivity contribution >= 4 is 5.97 Å². The highest BCUT2D eigenvalue weighted by Crippen LogP contribution is 2.10. The first-order valence-electron chi connectivity index (χ1n) is 4.63. The van der Waals surface area contributed by atoms with E-state index in [0.717, 1.165) is 5.57 Å². The van der Waals surface area contributed by atoms with Crippen LogP contribution in [0.25, 0.3) is 0 Å². The number of carboxylic acid groups (broad SMARTS) is 1. The van der Waals surface area contributed by atoms with E-state index in [-0.39, 0.29) is 5.92 Å². The molecule has 0 aliphatic heterocycles. The van der Waals surface area contributed by atoms with E-state index in [1.807, 2.05) is 13.8 Å². The molecule has 80 valence electrons. The Labute approximate surface area is 85.7 Å². The minimum Gasteiger partial charge on any atom is -0.480 e. The molecule has 0 spiro atoms. The van der Waals surface area contributed by atoms with Crippen LogP contribution in [0.4, 0.5) is 0 Å². The number of hydrogen-bond donors (Lipinski definition) is 1. The van der Waals surface area contributed by atoms with Crippen LogP contribution >= 0.6 is 0 Å². The molecule has 0 saturated heterocycles. The van der Waals surface area contributed by atoms with Gasteiger partial charge in [-0.3, -0.25) is 9.69 Å². The number of carbonyl (C=O) groups is 1. The zero-order chi connectivity index (χ0) is 11.3. The average molecular weight is 197 g/mol. The molecule has 0 aromatic rings. The second-order valence-electron chi connectivity index (χ2n) is 3.80. The molecule has 0 rings (SSSR count). The SMILES string of the molecule is C=CC(=C)CN(C)C(C(=O)O)C(C)C. The summed E-state index contributed by atoms with van der Waals surface area (Å²) in [6.45, 7) is 11.7. The summed E-state index contributed by atoms with van der Waals surface area (Å²) in [7, 11) is 1.79. The summed E-state index contributed by atoms with van der Waals surface area (Å²) in [6.07, 6.45) is 1.65. The second-order valence-corrected chi connectivity index (χ2v) is 3.80. The van der Waals surface area contributed by atoms with Gasteiger partial charge in [-0.05, 0) is 18.5 Å². The molecule has 1 unspecified atom stereocenters. The molecule has 0 heterocycles. The lowest BCUT2D eigenvalue weighted by Crippen LogP contribution is -2.43. The maximum absolute atomic E-state index is 11.0. The van der Waals surface area contributed by atoms with Gasteiger partial charge in [0.05, 0.1) is 0 Å². The third-order valence-electron chi connectivity index (χ3n) is 2.10. The van der Waals surface area contributed by atoms with Gasteiger partial charge in [0.2, 0.25) is 0 Å². The number of hydrogen-bond acceptors (Lipinski definition) is 2. The van der Waals surface area contributed by atoms with Crippen LogP contribution < -0.4 is 0 Å². The molecule has 0 aromatic heterocycles. The van der Waals surface area contributed by atoms with Crippen LogP contribution in [0.1, 0.15) is 13.8 Å². The molecule has 1 atom stereocenters. The summed E-state index contributed by atoms with van der Waals surface area (Å²) in [6, 6.07) is -0.466. The highest BCUT2D eigenvalue weighted by Gasteiger charge is 2.25. The Kier molecular flexibility index (Phi) is 5.16. The highest BCUT2D eigenvalue weighted by atomic mass is 16.4. The van der Waals surface area contributed by atoms with Crippen molar-refractivity contribution in [3.05, 3.63) is 24.8 Å². The van der Waals surface area contributed by atoms with Crippen LogP contribution in [0.2, 0.25) is 0 Å². The molecular weight excluding hydrogens is 178 g/mol. The van der Waals surface area contributed by atoms with E-state index in [1.54, 1.807) is 18.0 Å². The monoisotopic (exact) mass is 197 g/mol. The number of nitrogens with zero attached hydrogens (tertiary/aromatic N) is 1. The van der Waals surface area contributed by atoms with E-state index in [0.29, 0.717) is 6.54 Å². The van der Waals surface area contributed by atoms with Crippen LogP contribution in [0.5, 0.6) is 0 Å². The minimum atomic E-state index is -0.792. The van der Waals surface area contributed by atoms with Crippen molar-refractivity contribution in [2.75, 3.05) is 13.6 Å². The van der Waals surface area contributed by atoms with Gasteiger partial charge in [0.15, 0.2) is 0 Å². The van der Waals surface area contributed by atoms with Gasteiger partial charge < -0.3 is 5.11 Å². The molecule has 0 amide bonds. The lowest BCUT2D eigenvalue weighted by molar-refractivity contribution is -0.144. The summed E-state index contributed by atoms with van der Waals surface area (Å²) in [4.78, 5) is 12.7. The number of carboxylic acids is 1. The van der Waals surface area contributed by atoms with Gasteiger partial charge in [0.1, 0.15) is 6.04 Å². The number of likely N-dealkylation sites (N-methyl/N-ethyl adjacent to an activating group) is 1. The van der Waals surface area contributed by atoms with Gasteiger partial charge in [0, 0.05) is 6.54 Å². The number of rotatable bonds is 6. The van der Waals surface area contributed by atoms with E-state index >= 15 is 0 Å². The molecule has 0 fully saturated rings. The standard InChI is InChI=1S/C11H19NO2/c1-6-9(4)7-12(5)10(8(2)3)11(13)14/h6,8,10H,1,4,7H2,2-3,5H3,(H,13,14). The zero-order valence-electron chi connectivity index (χ0n) is 9.16. The van der Waals surface area contributed by atoms with E-state index in [2.05, 4.69) is 13.2 Å². The second kappa shape index (κ2) is 5.60. The molecule has 1 N–H and O–H groups in total. The Hall–Kier alpha value is -1.09. The average Bonchev–Trinajstić information content (AvgIpc) is 2.02. The third-order valence-corrected chi connectivity index (χ3v) is 2.10.